The molecule has 12 heteroatoms. The SMILES string of the molecule is COC(=O)c1cc(OC)c(OC)cc1NC(=O)CN(c1cc(Cl)cc(Cl)c1)S(=O)(=O)c1ccccc1. The van der Waals surface area contributed by atoms with E-state index in [-0.39, 0.29) is 43.4 Å². The molecule has 0 saturated carbocycles. The zero-order valence-electron chi connectivity index (χ0n) is 19.4. The van der Waals surface area contributed by atoms with E-state index in [0.29, 0.717) is 0 Å². The quantitative estimate of drug-likeness (QED) is 0.385. The number of amides is 1. The number of nitrogens with zero attached hydrogens (tertiary/aromatic N) is 1. The normalized spacial score (nSPS) is 10.9. The van der Waals surface area contributed by atoms with Gasteiger partial charge in [0.15, 0.2) is 11.5 Å². The summed E-state index contributed by atoms with van der Waals surface area (Å²) in [5.74, 6) is -1.04. The van der Waals surface area contributed by atoms with Gasteiger partial charge in [0, 0.05) is 22.2 Å². The third kappa shape index (κ3) is 6.01. The number of benzene rings is 3. The number of sulfonamides is 1. The van der Waals surface area contributed by atoms with Crippen molar-refractivity contribution < 1.29 is 32.2 Å². The van der Waals surface area contributed by atoms with Gasteiger partial charge in [-0.1, -0.05) is 41.4 Å². The van der Waals surface area contributed by atoms with E-state index in [4.69, 9.17) is 37.4 Å². The highest BCUT2D eigenvalue weighted by Crippen LogP contribution is 2.34. The number of carbonyl (C=O) groups excluding carboxylic acids is 2. The van der Waals surface area contributed by atoms with Crippen LogP contribution in [-0.4, -0.2) is 48.2 Å². The summed E-state index contributed by atoms with van der Waals surface area (Å²) in [6.45, 7) is -0.664. The topological polar surface area (TPSA) is 111 Å². The molecule has 0 aliphatic rings. The van der Waals surface area contributed by atoms with Crippen molar-refractivity contribution in [3.05, 3.63) is 76.3 Å². The summed E-state index contributed by atoms with van der Waals surface area (Å²) in [6.07, 6.45) is 0. The maximum atomic E-state index is 13.5. The highest BCUT2D eigenvalue weighted by molar-refractivity contribution is 7.92. The monoisotopic (exact) mass is 552 g/mol. The average Bonchev–Trinajstić information content (AvgIpc) is 2.86. The number of nitrogens with one attached hydrogen (secondary N) is 1. The lowest BCUT2D eigenvalue weighted by Crippen LogP contribution is -2.38. The second-order valence-corrected chi connectivity index (χ2v) is 9.98. The Morgan fingerprint density at radius 2 is 1.47 bits per heavy atom. The van der Waals surface area contributed by atoms with Gasteiger partial charge in [-0.15, -0.1) is 0 Å². The summed E-state index contributed by atoms with van der Waals surface area (Å²) in [6, 6.07) is 14.5. The van der Waals surface area contributed by atoms with Gasteiger partial charge in [0.1, 0.15) is 6.54 Å². The molecule has 0 fully saturated rings. The molecule has 1 amide bonds. The molecule has 3 aromatic carbocycles. The average molecular weight is 553 g/mol. The molecule has 36 heavy (non-hydrogen) atoms. The van der Waals surface area contributed by atoms with E-state index in [2.05, 4.69) is 5.32 Å². The second kappa shape index (κ2) is 11.5. The minimum Gasteiger partial charge on any atom is -0.493 e. The van der Waals surface area contributed by atoms with Crippen LogP contribution in [0.15, 0.2) is 65.6 Å². The van der Waals surface area contributed by atoms with Crippen LogP contribution in [0.4, 0.5) is 11.4 Å². The summed E-state index contributed by atoms with van der Waals surface area (Å²) in [7, 11) is -0.253. The van der Waals surface area contributed by atoms with Crippen molar-refractivity contribution in [2.45, 2.75) is 4.90 Å². The standard InChI is InChI=1S/C24H22Cl2N2O7S/c1-33-21-12-19(24(30)35-3)20(13-22(21)34-2)27-23(29)14-28(17-10-15(25)9-16(26)11-17)36(31,32)18-7-5-4-6-8-18/h4-13H,14H2,1-3H3,(H,27,29). The molecule has 0 saturated heterocycles. The van der Waals surface area contributed by atoms with E-state index in [1.54, 1.807) is 18.2 Å². The van der Waals surface area contributed by atoms with Crippen LogP contribution in [0.2, 0.25) is 10.0 Å². The number of esters is 1. The minimum absolute atomic E-state index is 0.0215. The van der Waals surface area contributed by atoms with E-state index >= 15 is 0 Å². The first-order chi connectivity index (χ1) is 17.1. The van der Waals surface area contributed by atoms with Gasteiger partial charge in [0.05, 0.1) is 43.2 Å². The van der Waals surface area contributed by atoms with Crippen molar-refractivity contribution in [2.75, 3.05) is 37.5 Å². The van der Waals surface area contributed by atoms with Gasteiger partial charge in [-0.25, -0.2) is 13.2 Å². The zero-order valence-corrected chi connectivity index (χ0v) is 21.8. The van der Waals surface area contributed by atoms with Gasteiger partial charge >= 0.3 is 5.97 Å². The van der Waals surface area contributed by atoms with Crippen LogP contribution in [0.5, 0.6) is 11.5 Å². The molecule has 0 aliphatic carbocycles. The maximum absolute atomic E-state index is 13.5. The molecule has 0 spiro atoms. The van der Waals surface area contributed by atoms with Crippen LogP contribution in [0.1, 0.15) is 10.4 Å². The number of halogens is 2. The molecular weight excluding hydrogens is 531 g/mol. The second-order valence-electron chi connectivity index (χ2n) is 7.24. The van der Waals surface area contributed by atoms with Crippen molar-refractivity contribution in [2.24, 2.45) is 0 Å². The third-order valence-electron chi connectivity index (χ3n) is 4.96. The molecule has 0 heterocycles. The lowest BCUT2D eigenvalue weighted by molar-refractivity contribution is -0.114. The molecule has 0 aromatic heterocycles. The number of hydrogen-bond acceptors (Lipinski definition) is 7. The van der Waals surface area contributed by atoms with E-state index in [9.17, 15) is 18.0 Å². The number of anilines is 2. The molecule has 3 aromatic rings. The van der Waals surface area contributed by atoms with Crippen molar-refractivity contribution >= 4 is 56.5 Å². The smallest absolute Gasteiger partial charge is 0.340 e. The molecule has 0 radical (unpaired) electrons. The third-order valence-corrected chi connectivity index (χ3v) is 7.18. The summed E-state index contributed by atoms with van der Waals surface area (Å²) in [4.78, 5) is 25.4. The van der Waals surface area contributed by atoms with Crippen molar-refractivity contribution in [3.63, 3.8) is 0 Å². The molecule has 9 nitrogen and oxygen atoms in total. The molecule has 3 rings (SSSR count). The summed E-state index contributed by atoms with van der Waals surface area (Å²) in [5.41, 5.74) is 0.0875. The Bertz CT molecular complexity index is 1360. The number of methoxy groups -OCH3 is 3. The van der Waals surface area contributed by atoms with Gasteiger partial charge in [-0.3, -0.25) is 9.10 Å². The predicted molar refractivity (Wildman–Crippen MR) is 137 cm³/mol. The number of hydrogen-bond donors (Lipinski definition) is 1. The predicted octanol–water partition coefficient (Wildman–Crippen LogP) is 4.63. The molecule has 0 unspecified atom stereocenters. The van der Waals surface area contributed by atoms with Crippen molar-refractivity contribution in [1.82, 2.24) is 0 Å². The highest BCUT2D eigenvalue weighted by Gasteiger charge is 2.28. The molecule has 1 N–H and O–H groups in total. The Morgan fingerprint density at radius 1 is 0.889 bits per heavy atom. The summed E-state index contributed by atoms with van der Waals surface area (Å²) < 4.78 is 43.1. The fourth-order valence-corrected chi connectivity index (χ4v) is 5.24. The first kappa shape index (κ1) is 27.1. The Labute approximate surface area is 218 Å². The maximum Gasteiger partial charge on any atom is 0.340 e. The van der Waals surface area contributed by atoms with Crippen LogP contribution in [0.3, 0.4) is 0 Å². The summed E-state index contributed by atoms with van der Waals surface area (Å²) in [5, 5.41) is 2.92. The van der Waals surface area contributed by atoms with E-state index in [0.717, 1.165) is 4.31 Å². The number of rotatable bonds is 9. The molecule has 0 atom stereocenters. The lowest BCUT2D eigenvalue weighted by atomic mass is 10.1. The highest BCUT2D eigenvalue weighted by atomic mass is 35.5. The van der Waals surface area contributed by atoms with E-state index in [1.807, 2.05) is 0 Å². The van der Waals surface area contributed by atoms with Gasteiger partial charge in [0.2, 0.25) is 5.91 Å². The Hall–Kier alpha value is -3.47. The van der Waals surface area contributed by atoms with Crippen LogP contribution >= 0.6 is 23.2 Å². The Morgan fingerprint density at radius 3 is 2.03 bits per heavy atom. The zero-order chi connectivity index (χ0) is 26.5. The largest absolute Gasteiger partial charge is 0.493 e. The van der Waals surface area contributed by atoms with Crippen LogP contribution in [0.25, 0.3) is 0 Å². The minimum atomic E-state index is -4.21. The summed E-state index contributed by atoms with van der Waals surface area (Å²) >= 11 is 12.2. The first-order valence-corrected chi connectivity index (χ1v) is 12.5. The van der Waals surface area contributed by atoms with Crippen LogP contribution in [0, 0.1) is 0 Å². The molecule has 0 bridgehead atoms. The van der Waals surface area contributed by atoms with E-state index in [1.165, 1.54) is 63.8 Å². The lowest BCUT2D eigenvalue weighted by Gasteiger charge is -2.25. The van der Waals surface area contributed by atoms with Crippen LogP contribution in [-0.2, 0) is 19.6 Å². The molecule has 190 valence electrons. The van der Waals surface area contributed by atoms with E-state index < -0.39 is 28.4 Å². The van der Waals surface area contributed by atoms with Crippen molar-refractivity contribution in [1.29, 1.82) is 0 Å². The van der Waals surface area contributed by atoms with Gasteiger partial charge in [-0.05, 0) is 30.3 Å². The van der Waals surface area contributed by atoms with Crippen molar-refractivity contribution in [3.8, 4) is 11.5 Å². The number of ether oxygens (including phenoxy) is 3. The van der Waals surface area contributed by atoms with Gasteiger partial charge < -0.3 is 19.5 Å². The first-order valence-electron chi connectivity index (χ1n) is 10.3. The molecule has 0 aliphatic heterocycles. The fourth-order valence-electron chi connectivity index (χ4n) is 3.30. The molecular formula is C24H22Cl2N2O7S. The Balaban J connectivity index is 2.04. The van der Waals surface area contributed by atoms with Crippen LogP contribution < -0.4 is 19.1 Å². The Kier molecular flexibility index (Phi) is 8.67. The number of carbonyl (C=O) groups is 2. The van der Waals surface area contributed by atoms with Gasteiger partial charge in [-0.2, -0.15) is 0 Å². The fraction of sp³-hybridized carbons (Fsp3) is 0.167. The van der Waals surface area contributed by atoms with Gasteiger partial charge in [0.25, 0.3) is 10.0 Å².